The third-order valence-electron chi connectivity index (χ3n) is 5.54. The predicted octanol–water partition coefficient (Wildman–Crippen LogP) is 6.55. The van der Waals surface area contributed by atoms with Gasteiger partial charge < -0.3 is 14.5 Å². The van der Waals surface area contributed by atoms with Gasteiger partial charge in [0.2, 0.25) is 0 Å². The highest BCUT2D eigenvalue weighted by Crippen LogP contribution is 2.25. The van der Waals surface area contributed by atoms with Crippen LogP contribution in [-0.2, 0) is 6.54 Å². The lowest BCUT2D eigenvalue weighted by molar-refractivity contribution is 0.0662. The van der Waals surface area contributed by atoms with Crippen molar-refractivity contribution in [1.82, 2.24) is 9.80 Å². The van der Waals surface area contributed by atoms with Crippen molar-refractivity contribution < 1.29 is 9.53 Å². The fourth-order valence-electron chi connectivity index (χ4n) is 3.58. The molecule has 6 heteroatoms. The minimum atomic E-state index is -0.0391. The normalized spacial score (nSPS) is 12.1. The molecule has 0 N–H and O–H groups in total. The van der Waals surface area contributed by atoms with Crippen LogP contribution in [0.5, 0.6) is 5.75 Å². The van der Waals surface area contributed by atoms with Gasteiger partial charge >= 0.3 is 0 Å². The van der Waals surface area contributed by atoms with E-state index >= 15 is 0 Å². The molecule has 31 heavy (non-hydrogen) atoms. The molecular formula is C25H34Cl2N2O2. The fraction of sp³-hybridized carbons (Fsp3) is 0.480. The van der Waals surface area contributed by atoms with Crippen molar-refractivity contribution in [2.24, 2.45) is 0 Å². The highest BCUT2D eigenvalue weighted by atomic mass is 35.5. The summed E-state index contributed by atoms with van der Waals surface area (Å²) in [6, 6.07) is 13.1. The second kappa shape index (κ2) is 12.9. The van der Waals surface area contributed by atoms with E-state index in [1.54, 1.807) is 18.2 Å². The van der Waals surface area contributed by atoms with Crippen molar-refractivity contribution in [1.29, 1.82) is 0 Å². The Balaban J connectivity index is 2.18. The van der Waals surface area contributed by atoms with Crippen molar-refractivity contribution in [3.05, 3.63) is 63.6 Å². The summed E-state index contributed by atoms with van der Waals surface area (Å²) in [4.78, 5) is 17.8. The number of benzene rings is 2. The van der Waals surface area contributed by atoms with Gasteiger partial charge in [-0.15, -0.1) is 0 Å². The maximum Gasteiger partial charge on any atom is 0.254 e. The molecule has 2 aromatic rings. The summed E-state index contributed by atoms with van der Waals surface area (Å²) in [6.07, 6.45) is 1.97. The van der Waals surface area contributed by atoms with Crippen LogP contribution in [0.2, 0.25) is 10.0 Å². The second-order valence-corrected chi connectivity index (χ2v) is 8.47. The Morgan fingerprint density at radius 2 is 1.68 bits per heavy atom. The fourth-order valence-corrected chi connectivity index (χ4v) is 3.88. The van der Waals surface area contributed by atoms with Gasteiger partial charge in [-0.1, -0.05) is 49.2 Å². The zero-order valence-corrected chi connectivity index (χ0v) is 20.5. The average Bonchev–Trinajstić information content (AvgIpc) is 2.77. The van der Waals surface area contributed by atoms with E-state index in [-0.39, 0.29) is 11.9 Å². The molecule has 0 saturated carbocycles. The number of hydrogen-bond acceptors (Lipinski definition) is 3. The lowest BCUT2D eigenvalue weighted by atomic mass is 10.1. The Hall–Kier alpha value is -1.75. The quantitative estimate of drug-likeness (QED) is 0.357. The molecule has 0 aliphatic heterocycles. The van der Waals surface area contributed by atoms with Gasteiger partial charge in [-0.3, -0.25) is 4.79 Å². The number of halogens is 2. The molecule has 4 nitrogen and oxygen atoms in total. The summed E-state index contributed by atoms with van der Waals surface area (Å²) in [5.74, 6) is 0.795. The van der Waals surface area contributed by atoms with E-state index in [1.807, 2.05) is 36.1 Å². The maximum absolute atomic E-state index is 13.4. The first-order chi connectivity index (χ1) is 14.9. The minimum absolute atomic E-state index is 0.0391. The number of amides is 1. The Kier molecular flexibility index (Phi) is 10.7. The summed E-state index contributed by atoms with van der Waals surface area (Å²) in [5, 5.41) is 0.839. The molecule has 0 bridgehead atoms. The van der Waals surface area contributed by atoms with Crippen LogP contribution < -0.4 is 4.74 Å². The lowest BCUT2D eigenvalue weighted by Crippen LogP contribution is -2.38. The standard InChI is InChI=1S/C25H34Cl2N2O2/c1-5-28(6-2)16-8-9-19(4)29(18-20-10-13-22(14-11-20)31-7-3)25(30)21-12-15-23(26)24(27)17-21/h10-15,17,19H,5-9,16,18H2,1-4H3. The SMILES string of the molecule is CCOc1ccc(CN(C(=O)c2ccc(Cl)c(Cl)c2)C(C)CCCN(CC)CC)cc1. The number of carbonyl (C=O) groups is 1. The molecular weight excluding hydrogens is 431 g/mol. The van der Waals surface area contributed by atoms with Gasteiger partial charge in [-0.05, 0) is 82.2 Å². The van der Waals surface area contributed by atoms with Crippen LogP contribution in [0.25, 0.3) is 0 Å². The van der Waals surface area contributed by atoms with Crippen LogP contribution in [0.15, 0.2) is 42.5 Å². The number of nitrogens with zero attached hydrogens (tertiary/aromatic N) is 2. The molecule has 0 fully saturated rings. The largest absolute Gasteiger partial charge is 0.494 e. The van der Waals surface area contributed by atoms with Crippen molar-refractivity contribution in [2.75, 3.05) is 26.2 Å². The monoisotopic (exact) mass is 464 g/mol. The first kappa shape index (κ1) is 25.5. The van der Waals surface area contributed by atoms with E-state index in [0.717, 1.165) is 43.8 Å². The predicted molar refractivity (Wildman–Crippen MR) is 130 cm³/mol. The maximum atomic E-state index is 13.4. The molecule has 1 atom stereocenters. The summed E-state index contributed by atoms with van der Waals surface area (Å²) >= 11 is 12.2. The third kappa shape index (κ3) is 7.71. The molecule has 0 spiro atoms. The Morgan fingerprint density at radius 1 is 1.00 bits per heavy atom. The van der Waals surface area contributed by atoms with E-state index < -0.39 is 0 Å². The topological polar surface area (TPSA) is 32.8 Å². The summed E-state index contributed by atoms with van der Waals surface area (Å²) < 4.78 is 5.54. The first-order valence-electron chi connectivity index (χ1n) is 11.1. The number of ether oxygens (including phenoxy) is 1. The molecule has 170 valence electrons. The van der Waals surface area contributed by atoms with Gasteiger partial charge in [0.15, 0.2) is 0 Å². The van der Waals surface area contributed by atoms with Crippen LogP contribution in [0.3, 0.4) is 0 Å². The summed E-state index contributed by atoms with van der Waals surface area (Å²) in [6.45, 7) is 12.7. The van der Waals surface area contributed by atoms with Crippen LogP contribution in [0.1, 0.15) is 56.5 Å². The summed E-state index contributed by atoms with van der Waals surface area (Å²) in [7, 11) is 0. The molecule has 2 aromatic carbocycles. The number of rotatable bonds is 12. The minimum Gasteiger partial charge on any atom is -0.494 e. The first-order valence-corrected chi connectivity index (χ1v) is 11.8. The van der Waals surface area contributed by atoms with Crippen LogP contribution >= 0.6 is 23.2 Å². The van der Waals surface area contributed by atoms with Crippen molar-refractivity contribution in [3.63, 3.8) is 0 Å². The molecule has 0 heterocycles. The average molecular weight is 465 g/mol. The zero-order valence-electron chi connectivity index (χ0n) is 19.0. The van der Waals surface area contributed by atoms with Crippen molar-refractivity contribution in [3.8, 4) is 5.75 Å². The molecule has 1 unspecified atom stereocenters. The molecule has 1 amide bonds. The van der Waals surface area contributed by atoms with E-state index in [9.17, 15) is 4.79 Å². The van der Waals surface area contributed by atoms with Gasteiger partial charge in [0, 0.05) is 18.2 Å². The summed E-state index contributed by atoms with van der Waals surface area (Å²) in [5.41, 5.74) is 1.61. The lowest BCUT2D eigenvalue weighted by Gasteiger charge is -2.30. The number of carbonyl (C=O) groups excluding carboxylic acids is 1. The van der Waals surface area contributed by atoms with E-state index in [4.69, 9.17) is 27.9 Å². The zero-order chi connectivity index (χ0) is 22.8. The smallest absolute Gasteiger partial charge is 0.254 e. The van der Waals surface area contributed by atoms with Gasteiger partial charge in [0.05, 0.1) is 16.7 Å². The van der Waals surface area contributed by atoms with Gasteiger partial charge in [0.25, 0.3) is 5.91 Å². The molecule has 0 saturated heterocycles. The third-order valence-corrected chi connectivity index (χ3v) is 6.28. The highest BCUT2D eigenvalue weighted by Gasteiger charge is 2.22. The van der Waals surface area contributed by atoms with Gasteiger partial charge in [-0.2, -0.15) is 0 Å². The van der Waals surface area contributed by atoms with Crippen LogP contribution in [0.4, 0.5) is 0 Å². The van der Waals surface area contributed by atoms with E-state index in [0.29, 0.717) is 28.8 Å². The Bertz CT molecular complexity index is 823. The molecule has 0 radical (unpaired) electrons. The highest BCUT2D eigenvalue weighted by molar-refractivity contribution is 6.42. The second-order valence-electron chi connectivity index (χ2n) is 7.66. The number of hydrogen-bond donors (Lipinski definition) is 0. The molecule has 0 aromatic heterocycles. The van der Waals surface area contributed by atoms with Crippen molar-refractivity contribution >= 4 is 29.1 Å². The molecule has 0 aliphatic rings. The molecule has 0 aliphatic carbocycles. The van der Waals surface area contributed by atoms with Gasteiger partial charge in [-0.25, -0.2) is 0 Å². The van der Waals surface area contributed by atoms with E-state index in [1.165, 1.54) is 0 Å². The Morgan fingerprint density at radius 3 is 2.26 bits per heavy atom. The van der Waals surface area contributed by atoms with Crippen LogP contribution in [0, 0.1) is 0 Å². The Labute approximate surface area is 197 Å². The van der Waals surface area contributed by atoms with Gasteiger partial charge in [0.1, 0.15) is 5.75 Å². The van der Waals surface area contributed by atoms with Crippen molar-refractivity contribution in [2.45, 2.75) is 53.1 Å². The van der Waals surface area contributed by atoms with Crippen LogP contribution in [-0.4, -0.2) is 48.0 Å². The molecule has 2 rings (SSSR count). The van der Waals surface area contributed by atoms with E-state index in [2.05, 4.69) is 25.7 Å².